The standard InChI is InChI=1S/C14H19Cl2N3/c1-2-9(5-6-17)3-4-14-18-12-7-10(15)11(16)8-13(12)19-14/h7-9H,2-6,17H2,1H3,(H,18,19). The van der Waals surface area contributed by atoms with Gasteiger partial charge in [0.25, 0.3) is 0 Å². The number of nitrogens with two attached hydrogens (primary N) is 1. The van der Waals surface area contributed by atoms with Gasteiger partial charge >= 0.3 is 0 Å². The molecule has 0 aliphatic rings. The van der Waals surface area contributed by atoms with E-state index >= 15 is 0 Å². The molecule has 19 heavy (non-hydrogen) atoms. The number of nitrogens with one attached hydrogen (secondary N) is 1. The minimum Gasteiger partial charge on any atom is -0.342 e. The van der Waals surface area contributed by atoms with Gasteiger partial charge in [-0.15, -0.1) is 0 Å². The molecule has 2 rings (SSSR count). The number of aromatic amines is 1. The zero-order valence-corrected chi connectivity index (χ0v) is 12.6. The number of aromatic nitrogens is 2. The lowest BCUT2D eigenvalue weighted by molar-refractivity contribution is 0.440. The zero-order valence-electron chi connectivity index (χ0n) is 11.0. The second-order valence-electron chi connectivity index (χ2n) is 4.86. The molecule has 1 atom stereocenters. The van der Waals surface area contributed by atoms with E-state index in [0.29, 0.717) is 16.0 Å². The summed E-state index contributed by atoms with van der Waals surface area (Å²) in [5.74, 6) is 1.66. The Morgan fingerprint density at radius 1 is 1.26 bits per heavy atom. The molecule has 0 amide bonds. The van der Waals surface area contributed by atoms with Crippen LogP contribution < -0.4 is 5.73 Å². The molecule has 1 aromatic carbocycles. The Morgan fingerprint density at radius 2 is 2.00 bits per heavy atom. The smallest absolute Gasteiger partial charge is 0.107 e. The predicted octanol–water partition coefficient (Wildman–Crippen LogP) is 4.18. The number of H-pyrrole nitrogens is 1. The molecule has 1 unspecified atom stereocenters. The molecular weight excluding hydrogens is 281 g/mol. The summed E-state index contributed by atoms with van der Waals surface area (Å²) < 4.78 is 0. The first kappa shape index (κ1) is 14.6. The van der Waals surface area contributed by atoms with E-state index in [1.165, 1.54) is 0 Å². The summed E-state index contributed by atoms with van der Waals surface area (Å²) in [6.07, 6.45) is 4.28. The summed E-state index contributed by atoms with van der Waals surface area (Å²) in [4.78, 5) is 7.85. The summed E-state index contributed by atoms with van der Waals surface area (Å²) in [6.45, 7) is 2.96. The third kappa shape index (κ3) is 3.62. The first-order valence-electron chi connectivity index (χ1n) is 6.67. The number of nitrogens with zero attached hydrogens (tertiary/aromatic N) is 1. The van der Waals surface area contributed by atoms with Crippen LogP contribution in [0.5, 0.6) is 0 Å². The Bertz CT molecular complexity index is 512. The molecule has 0 saturated carbocycles. The first-order chi connectivity index (χ1) is 9.13. The Hall–Kier alpha value is -0.770. The third-order valence-corrected chi connectivity index (χ3v) is 4.24. The molecule has 1 aromatic heterocycles. The zero-order chi connectivity index (χ0) is 13.8. The average Bonchev–Trinajstić information content (AvgIpc) is 2.77. The monoisotopic (exact) mass is 299 g/mol. The van der Waals surface area contributed by atoms with Gasteiger partial charge in [-0.05, 0) is 37.4 Å². The van der Waals surface area contributed by atoms with Crippen LogP contribution in [0.15, 0.2) is 12.1 Å². The van der Waals surface area contributed by atoms with Gasteiger partial charge in [0.15, 0.2) is 0 Å². The maximum absolute atomic E-state index is 5.99. The molecule has 0 bridgehead atoms. The van der Waals surface area contributed by atoms with Crippen molar-refractivity contribution in [3.05, 3.63) is 28.0 Å². The second kappa shape index (κ2) is 6.60. The lowest BCUT2D eigenvalue weighted by atomic mass is 9.96. The second-order valence-corrected chi connectivity index (χ2v) is 5.67. The number of fused-ring (bicyclic) bond motifs is 1. The maximum Gasteiger partial charge on any atom is 0.107 e. The molecule has 3 nitrogen and oxygen atoms in total. The topological polar surface area (TPSA) is 54.7 Å². The number of hydrogen-bond acceptors (Lipinski definition) is 2. The summed E-state index contributed by atoms with van der Waals surface area (Å²) in [5, 5.41) is 1.10. The van der Waals surface area contributed by atoms with E-state index in [1.807, 2.05) is 6.07 Å². The number of benzene rings is 1. The minimum atomic E-state index is 0.543. The van der Waals surface area contributed by atoms with Crippen LogP contribution in [-0.2, 0) is 6.42 Å². The molecule has 104 valence electrons. The van der Waals surface area contributed by atoms with Gasteiger partial charge in [0.05, 0.1) is 21.1 Å². The number of rotatable bonds is 6. The van der Waals surface area contributed by atoms with Crippen LogP contribution in [0.1, 0.15) is 32.0 Å². The van der Waals surface area contributed by atoms with Gasteiger partial charge in [-0.3, -0.25) is 0 Å². The van der Waals surface area contributed by atoms with Gasteiger partial charge in [0.2, 0.25) is 0 Å². The highest BCUT2D eigenvalue weighted by Crippen LogP contribution is 2.27. The van der Waals surface area contributed by atoms with E-state index in [0.717, 1.165) is 49.1 Å². The van der Waals surface area contributed by atoms with Crippen molar-refractivity contribution >= 4 is 34.2 Å². The molecule has 0 spiro atoms. The Balaban J connectivity index is 2.09. The number of imidazole rings is 1. The van der Waals surface area contributed by atoms with Crippen LogP contribution >= 0.6 is 23.2 Å². The highest BCUT2D eigenvalue weighted by atomic mass is 35.5. The maximum atomic E-state index is 5.99. The molecule has 0 fully saturated rings. The quantitative estimate of drug-likeness (QED) is 0.841. The van der Waals surface area contributed by atoms with Crippen molar-refractivity contribution in [2.45, 2.75) is 32.6 Å². The fourth-order valence-corrected chi connectivity index (χ4v) is 2.63. The van der Waals surface area contributed by atoms with Gasteiger partial charge in [-0.1, -0.05) is 36.5 Å². The molecule has 0 aliphatic heterocycles. The normalized spacial score (nSPS) is 13.1. The van der Waals surface area contributed by atoms with Crippen molar-refractivity contribution in [2.75, 3.05) is 6.54 Å². The predicted molar refractivity (Wildman–Crippen MR) is 81.9 cm³/mol. The molecule has 2 aromatic rings. The Kier molecular flexibility index (Phi) is 5.08. The van der Waals surface area contributed by atoms with Gasteiger partial charge < -0.3 is 10.7 Å². The van der Waals surface area contributed by atoms with E-state index in [9.17, 15) is 0 Å². The van der Waals surface area contributed by atoms with Crippen molar-refractivity contribution in [1.29, 1.82) is 0 Å². The van der Waals surface area contributed by atoms with E-state index in [4.69, 9.17) is 28.9 Å². The summed E-state index contributed by atoms with van der Waals surface area (Å²) in [6, 6.07) is 3.63. The summed E-state index contributed by atoms with van der Waals surface area (Å²) >= 11 is 12.0. The molecule has 0 radical (unpaired) electrons. The SMILES string of the molecule is CCC(CCN)CCc1nc2cc(Cl)c(Cl)cc2[nH]1. The summed E-state index contributed by atoms with van der Waals surface area (Å²) in [7, 11) is 0. The van der Waals surface area contributed by atoms with Gasteiger partial charge in [-0.25, -0.2) is 4.98 Å². The Labute approximate surface area is 123 Å². The largest absolute Gasteiger partial charge is 0.342 e. The lowest BCUT2D eigenvalue weighted by Gasteiger charge is -2.11. The van der Waals surface area contributed by atoms with Crippen molar-refractivity contribution in [3.8, 4) is 0 Å². The van der Waals surface area contributed by atoms with Gasteiger partial charge in [-0.2, -0.15) is 0 Å². The fraction of sp³-hybridized carbons (Fsp3) is 0.500. The minimum absolute atomic E-state index is 0.543. The van der Waals surface area contributed by atoms with Crippen molar-refractivity contribution in [2.24, 2.45) is 11.7 Å². The molecule has 0 saturated heterocycles. The number of hydrogen-bond donors (Lipinski definition) is 2. The average molecular weight is 300 g/mol. The van der Waals surface area contributed by atoms with Crippen LogP contribution in [0.3, 0.4) is 0 Å². The lowest BCUT2D eigenvalue weighted by Crippen LogP contribution is -2.09. The highest BCUT2D eigenvalue weighted by molar-refractivity contribution is 6.42. The first-order valence-corrected chi connectivity index (χ1v) is 7.43. The number of aryl methyl sites for hydroxylation is 1. The van der Waals surface area contributed by atoms with Crippen LogP contribution in [0.25, 0.3) is 11.0 Å². The van der Waals surface area contributed by atoms with Crippen LogP contribution in [0.2, 0.25) is 10.0 Å². The van der Waals surface area contributed by atoms with E-state index < -0.39 is 0 Å². The fourth-order valence-electron chi connectivity index (χ4n) is 2.31. The molecular formula is C14H19Cl2N3. The van der Waals surface area contributed by atoms with Crippen molar-refractivity contribution < 1.29 is 0 Å². The van der Waals surface area contributed by atoms with Crippen molar-refractivity contribution in [1.82, 2.24) is 9.97 Å². The van der Waals surface area contributed by atoms with Crippen LogP contribution in [0, 0.1) is 5.92 Å². The molecule has 5 heteroatoms. The van der Waals surface area contributed by atoms with E-state index in [-0.39, 0.29) is 0 Å². The molecule has 1 heterocycles. The van der Waals surface area contributed by atoms with Crippen molar-refractivity contribution in [3.63, 3.8) is 0 Å². The molecule has 0 aliphatic carbocycles. The van der Waals surface area contributed by atoms with E-state index in [2.05, 4.69) is 16.9 Å². The molecule has 3 N–H and O–H groups in total. The van der Waals surface area contributed by atoms with E-state index in [1.54, 1.807) is 6.07 Å². The van der Waals surface area contributed by atoms with Gasteiger partial charge in [0.1, 0.15) is 5.82 Å². The van der Waals surface area contributed by atoms with Crippen LogP contribution in [0.4, 0.5) is 0 Å². The van der Waals surface area contributed by atoms with Crippen LogP contribution in [-0.4, -0.2) is 16.5 Å². The number of halogens is 2. The summed E-state index contributed by atoms with van der Waals surface area (Å²) in [5.41, 5.74) is 7.43. The third-order valence-electron chi connectivity index (χ3n) is 3.51. The highest BCUT2D eigenvalue weighted by Gasteiger charge is 2.09. The Morgan fingerprint density at radius 3 is 2.68 bits per heavy atom. The van der Waals surface area contributed by atoms with Gasteiger partial charge in [0, 0.05) is 6.42 Å².